The van der Waals surface area contributed by atoms with Gasteiger partial charge in [-0.25, -0.2) is 4.39 Å². The third kappa shape index (κ3) is 2.33. The van der Waals surface area contributed by atoms with E-state index in [4.69, 9.17) is 10.3 Å². The second kappa shape index (κ2) is 5.26. The van der Waals surface area contributed by atoms with E-state index >= 15 is 0 Å². The normalized spacial score (nSPS) is 10.9. The molecule has 102 valence electrons. The molecule has 0 saturated carbocycles. The summed E-state index contributed by atoms with van der Waals surface area (Å²) in [6, 6.07) is 10.2. The molecule has 2 aromatic heterocycles. The second-order valence-electron chi connectivity index (χ2n) is 4.36. The molecule has 0 aliphatic rings. The average molecular weight is 272 g/mol. The molecule has 0 aliphatic heterocycles. The van der Waals surface area contributed by atoms with Gasteiger partial charge in [-0.05, 0) is 12.1 Å². The first kappa shape index (κ1) is 12.6. The highest BCUT2D eigenvalue weighted by Gasteiger charge is 2.13. The molecular weight excluding hydrogens is 259 g/mol. The predicted octanol–water partition coefficient (Wildman–Crippen LogP) is 2.18. The lowest BCUT2D eigenvalue weighted by atomic mass is 10.2. The molecule has 6 heteroatoms. The van der Waals surface area contributed by atoms with E-state index < -0.39 is 0 Å². The molecule has 0 spiro atoms. The fourth-order valence-corrected chi connectivity index (χ4v) is 2.03. The topological polar surface area (TPSA) is 69.9 Å². The van der Waals surface area contributed by atoms with Crippen LogP contribution in [0.4, 0.5) is 4.39 Å². The van der Waals surface area contributed by atoms with Crippen molar-refractivity contribution in [2.75, 3.05) is 0 Å². The van der Waals surface area contributed by atoms with Gasteiger partial charge in [0.1, 0.15) is 17.8 Å². The highest BCUT2D eigenvalue weighted by molar-refractivity contribution is 5.54. The van der Waals surface area contributed by atoms with Crippen LogP contribution in [0.5, 0.6) is 0 Å². The number of halogens is 1. The first-order valence-corrected chi connectivity index (χ1v) is 6.19. The summed E-state index contributed by atoms with van der Waals surface area (Å²) in [7, 11) is 0. The minimum absolute atomic E-state index is 0.261. The number of nitrogens with two attached hydrogens (primary N) is 1. The second-order valence-corrected chi connectivity index (χ2v) is 4.36. The molecule has 2 N–H and O–H groups in total. The van der Waals surface area contributed by atoms with Crippen molar-refractivity contribution in [3.63, 3.8) is 0 Å². The van der Waals surface area contributed by atoms with Crippen LogP contribution in [-0.4, -0.2) is 14.9 Å². The molecule has 0 radical (unpaired) electrons. The minimum Gasteiger partial charge on any atom is -0.364 e. The van der Waals surface area contributed by atoms with Crippen molar-refractivity contribution in [1.29, 1.82) is 0 Å². The van der Waals surface area contributed by atoms with E-state index in [-0.39, 0.29) is 5.82 Å². The van der Waals surface area contributed by atoms with Crippen molar-refractivity contribution in [2.24, 2.45) is 5.73 Å². The number of nitrogens with zero attached hydrogens (tertiary/aromatic N) is 3. The van der Waals surface area contributed by atoms with Crippen molar-refractivity contribution >= 4 is 0 Å². The Labute approximate surface area is 114 Å². The number of hydrogen-bond acceptors (Lipinski definition) is 4. The van der Waals surface area contributed by atoms with E-state index in [1.807, 2.05) is 6.07 Å². The molecular formula is C14H13FN4O. The van der Waals surface area contributed by atoms with E-state index in [0.717, 1.165) is 11.4 Å². The van der Waals surface area contributed by atoms with Gasteiger partial charge in [-0.2, -0.15) is 5.10 Å². The van der Waals surface area contributed by atoms with Crippen LogP contribution in [-0.2, 0) is 13.1 Å². The van der Waals surface area contributed by atoms with Crippen molar-refractivity contribution < 1.29 is 8.91 Å². The summed E-state index contributed by atoms with van der Waals surface area (Å²) in [5.74, 6) is -0.261. The van der Waals surface area contributed by atoms with Crippen LogP contribution in [0.3, 0.4) is 0 Å². The van der Waals surface area contributed by atoms with Gasteiger partial charge >= 0.3 is 0 Å². The Balaban J connectivity index is 2.01. The smallest absolute Gasteiger partial charge is 0.131 e. The van der Waals surface area contributed by atoms with Gasteiger partial charge in [0.15, 0.2) is 0 Å². The maximum atomic E-state index is 13.7. The third-order valence-corrected chi connectivity index (χ3v) is 3.02. The molecule has 2 heterocycles. The van der Waals surface area contributed by atoms with Crippen molar-refractivity contribution in [3.05, 3.63) is 59.7 Å². The minimum atomic E-state index is -0.261. The summed E-state index contributed by atoms with van der Waals surface area (Å²) >= 11 is 0. The molecule has 3 aromatic rings. The Morgan fingerprint density at radius 1 is 1.25 bits per heavy atom. The third-order valence-electron chi connectivity index (χ3n) is 3.02. The Morgan fingerprint density at radius 3 is 2.80 bits per heavy atom. The lowest BCUT2D eigenvalue weighted by Gasteiger charge is -2.06. The summed E-state index contributed by atoms with van der Waals surface area (Å²) in [6.07, 6.45) is 1.48. The number of benzene rings is 1. The lowest BCUT2D eigenvalue weighted by Crippen LogP contribution is -2.07. The van der Waals surface area contributed by atoms with Gasteiger partial charge in [0.2, 0.25) is 0 Å². The maximum Gasteiger partial charge on any atom is 0.131 e. The Morgan fingerprint density at radius 2 is 2.10 bits per heavy atom. The molecule has 0 bridgehead atoms. The van der Waals surface area contributed by atoms with Crippen molar-refractivity contribution in [3.8, 4) is 11.4 Å². The largest absolute Gasteiger partial charge is 0.364 e. The van der Waals surface area contributed by atoms with Crippen LogP contribution in [0.15, 0.2) is 47.2 Å². The zero-order valence-corrected chi connectivity index (χ0v) is 10.7. The fraction of sp³-hybridized carbons (Fsp3) is 0.143. The van der Waals surface area contributed by atoms with Gasteiger partial charge in [-0.3, -0.25) is 4.68 Å². The number of rotatable bonds is 4. The Hall–Kier alpha value is -2.47. The summed E-state index contributed by atoms with van der Waals surface area (Å²) in [5, 5.41) is 8.25. The van der Waals surface area contributed by atoms with Crippen LogP contribution in [0.25, 0.3) is 11.4 Å². The molecule has 0 atom stereocenters. The molecule has 0 saturated heterocycles. The van der Waals surface area contributed by atoms with Crippen LogP contribution in [0.1, 0.15) is 11.3 Å². The van der Waals surface area contributed by atoms with Gasteiger partial charge < -0.3 is 10.3 Å². The summed E-state index contributed by atoms with van der Waals surface area (Å²) < 4.78 is 20.3. The summed E-state index contributed by atoms with van der Waals surface area (Å²) in [5.41, 5.74) is 8.29. The van der Waals surface area contributed by atoms with Crippen molar-refractivity contribution in [2.45, 2.75) is 13.1 Å². The first-order valence-electron chi connectivity index (χ1n) is 6.19. The quantitative estimate of drug-likeness (QED) is 0.790. The zero-order valence-electron chi connectivity index (χ0n) is 10.7. The molecule has 0 amide bonds. The van der Waals surface area contributed by atoms with Gasteiger partial charge in [-0.15, -0.1) is 0 Å². The number of hydrogen-bond donors (Lipinski definition) is 1. The highest BCUT2D eigenvalue weighted by atomic mass is 19.1. The van der Waals surface area contributed by atoms with E-state index in [9.17, 15) is 4.39 Å². The lowest BCUT2D eigenvalue weighted by molar-refractivity contribution is 0.421. The van der Waals surface area contributed by atoms with Crippen LogP contribution >= 0.6 is 0 Å². The van der Waals surface area contributed by atoms with E-state index in [1.165, 1.54) is 12.3 Å². The van der Waals surface area contributed by atoms with Gasteiger partial charge in [0.05, 0.1) is 17.9 Å². The van der Waals surface area contributed by atoms with E-state index in [0.29, 0.717) is 24.3 Å². The number of aromatic nitrogens is 3. The highest BCUT2D eigenvalue weighted by Crippen LogP contribution is 2.20. The molecule has 20 heavy (non-hydrogen) atoms. The average Bonchev–Trinajstić information content (AvgIpc) is 3.10. The van der Waals surface area contributed by atoms with Crippen molar-refractivity contribution in [1.82, 2.24) is 14.9 Å². The van der Waals surface area contributed by atoms with E-state index in [2.05, 4.69) is 10.3 Å². The molecule has 0 fully saturated rings. The zero-order chi connectivity index (χ0) is 13.9. The van der Waals surface area contributed by atoms with E-state index in [1.54, 1.807) is 28.9 Å². The van der Waals surface area contributed by atoms with Crippen LogP contribution in [0, 0.1) is 5.82 Å². The monoisotopic (exact) mass is 272 g/mol. The maximum absolute atomic E-state index is 13.7. The predicted molar refractivity (Wildman–Crippen MR) is 71.1 cm³/mol. The molecule has 0 aliphatic carbocycles. The SMILES string of the molecule is NCc1cc(-c2ccon2)n(Cc2ccccc2F)n1. The molecule has 0 unspecified atom stereocenters. The van der Waals surface area contributed by atoms with Gasteiger partial charge in [0, 0.05) is 18.2 Å². The Kier molecular flexibility index (Phi) is 3.30. The molecule has 1 aromatic carbocycles. The van der Waals surface area contributed by atoms with Crippen LogP contribution < -0.4 is 5.73 Å². The van der Waals surface area contributed by atoms with Gasteiger partial charge in [0.25, 0.3) is 0 Å². The fourth-order valence-electron chi connectivity index (χ4n) is 2.03. The van der Waals surface area contributed by atoms with Crippen LogP contribution in [0.2, 0.25) is 0 Å². The Bertz CT molecular complexity index is 706. The standard InChI is InChI=1S/C14H13FN4O/c15-12-4-2-1-3-10(12)9-19-14(7-11(8-16)17-19)13-5-6-20-18-13/h1-7H,8-9,16H2. The van der Waals surface area contributed by atoms with Gasteiger partial charge in [-0.1, -0.05) is 23.4 Å². The molecule has 5 nitrogen and oxygen atoms in total. The molecule has 3 rings (SSSR count). The summed E-state index contributed by atoms with van der Waals surface area (Å²) in [4.78, 5) is 0. The summed E-state index contributed by atoms with van der Waals surface area (Å²) in [6.45, 7) is 0.629. The first-order chi connectivity index (χ1) is 9.78.